The predicted molar refractivity (Wildman–Crippen MR) is 97.4 cm³/mol. The van der Waals surface area contributed by atoms with Crippen molar-refractivity contribution < 1.29 is 18.9 Å². The van der Waals surface area contributed by atoms with Crippen LogP contribution in [0.1, 0.15) is 65.7 Å². The van der Waals surface area contributed by atoms with Crippen molar-refractivity contribution in [2.75, 3.05) is 33.0 Å². The molecule has 0 aromatic rings. The summed E-state index contributed by atoms with van der Waals surface area (Å²) >= 11 is 0. The van der Waals surface area contributed by atoms with Crippen LogP contribution in [0.25, 0.3) is 0 Å². The molecule has 1 fully saturated rings. The summed E-state index contributed by atoms with van der Waals surface area (Å²) in [4.78, 5) is 0. The molecule has 0 amide bonds. The van der Waals surface area contributed by atoms with Gasteiger partial charge in [0.05, 0.1) is 12.7 Å². The summed E-state index contributed by atoms with van der Waals surface area (Å²) in [6.45, 7) is 9.97. The van der Waals surface area contributed by atoms with E-state index < -0.39 is 0 Å². The third-order valence-corrected chi connectivity index (χ3v) is 4.40. The monoisotopic (exact) mass is 345 g/mol. The normalized spacial score (nSPS) is 27.0. The lowest BCUT2D eigenvalue weighted by atomic mass is 10.0. The van der Waals surface area contributed by atoms with E-state index in [1.54, 1.807) is 0 Å². The molecule has 5 heteroatoms. The van der Waals surface area contributed by atoms with Gasteiger partial charge < -0.3 is 24.7 Å². The number of rotatable bonds is 15. The molecule has 144 valence electrons. The van der Waals surface area contributed by atoms with Gasteiger partial charge in [0.2, 0.25) is 0 Å². The summed E-state index contributed by atoms with van der Waals surface area (Å²) in [6.07, 6.45) is 7.27. The summed E-state index contributed by atoms with van der Waals surface area (Å²) < 4.78 is 24.3. The molecule has 1 aliphatic rings. The van der Waals surface area contributed by atoms with E-state index in [-0.39, 0.29) is 24.4 Å². The molecule has 0 radical (unpaired) electrons. The molecule has 0 aromatic heterocycles. The van der Waals surface area contributed by atoms with Crippen molar-refractivity contribution in [3.8, 4) is 0 Å². The van der Waals surface area contributed by atoms with Crippen molar-refractivity contribution in [3.05, 3.63) is 0 Å². The van der Waals surface area contributed by atoms with Gasteiger partial charge in [-0.15, -0.1) is 0 Å². The molecule has 4 atom stereocenters. The van der Waals surface area contributed by atoms with E-state index in [2.05, 4.69) is 20.8 Å². The van der Waals surface area contributed by atoms with E-state index in [0.717, 1.165) is 64.8 Å². The fourth-order valence-electron chi connectivity index (χ4n) is 2.91. The van der Waals surface area contributed by atoms with Crippen LogP contribution in [0.15, 0.2) is 0 Å². The number of nitrogens with two attached hydrogens (primary N) is 1. The molecule has 1 saturated heterocycles. The van der Waals surface area contributed by atoms with E-state index in [1.165, 1.54) is 0 Å². The Morgan fingerprint density at radius 2 is 1.33 bits per heavy atom. The summed E-state index contributed by atoms with van der Waals surface area (Å²) in [5, 5.41) is 0. The Hall–Kier alpha value is -0.200. The zero-order valence-electron chi connectivity index (χ0n) is 16.0. The second-order valence-corrected chi connectivity index (χ2v) is 6.60. The van der Waals surface area contributed by atoms with Crippen molar-refractivity contribution in [2.24, 2.45) is 5.73 Å². The minimum absolute atomic E-state index is 0.0123. The highest BCUT2D eigenvalue weighted by molar-refractivity contribution is 4.93. The average molecular weight is 346 g/mol. The Balaban J connectivity index is 2.63. The third kappa shape index (κ3) is 7.79. The van der Waals surface area contributed by atoms with Crippen molar-refractivity contribution in [1.29, 1.82) is 0 Å². The molecule has 0 spiro atoms. The van der Waals surface area contributed by atoms with Crippen LogP contribution in [-0.4, -0.2) is 57.4 Å². The quantitative estimate of drug-likeness (QED) is 0.461. The molecule has 0 aliphatic carbocycles. The Labute approximate surface area is 148 Å². The van der Waals surface area contributed by atoms with Gasteiger partial charge in [-0.25, -0.2) is 0 Å². The zero-order chi connectivity index (χ0) is 17.6. The molecule has 5 nitrogen and oxygen atoms in total. The summed E-state index contributed by atoms with van der Waals surface area (Å²) in [5.41, 5.74) is 5.77. The van der Waals surface area contributed by atoms with Crippen LogP contribution < -0.4 is 5.73 Å². The molecule has 1 heterocycles. The molecule has 0 bridgehead atoms. The largest absolute Gasteiger partial charge is 0.379 e. The van der Waals surface area contributed by atoms with Crippen LogP contribution in [0.2, 0.25) is 0 Å². The Morgan fingerprint density at radius 3 is 1.88 bits per heavy atom. The zero-order valence-corrected chi connectivity index (χ0v) is 16.0. The van der Waals surface area contributed by atoms with Gasteiger partial charge in [0.15, 0.2) is 0 Å². The first-order valence-corrected chi connectivity index (χ1v) is 9.94. The van der Waals surface area contributed by atoms with Gasteiger partial charge in [-0.05, 0) is 32.2 Å². The third-order valence-electron chi connectivity index (χ3n) is 4.40. The molecule has 1 unspecified atom stereocenters. The second-order valence-electron chi connectivity index (χ2n) is 6.60. The number of ether oxygens (including phenoxy) is 4. The van der Waals surface area contributed by atoms with Crippen LogP contribution in [0.4, 0.5) is 0 Å². The maximum absolute atomic E-state index is 6.21. The van der Waals surface area contributed by atoms with Crippen LogP contribution in [0.5, 0.6) is 0 Å². The van der Waals surface area contributed by atoms with Gasteiger partial charge in [-0.2, -0.15) is 0 Å². The molecule has 1 aliphatic heterocycles. The van der Waals surface area contributed by atoms with Gasteiger partial charge >= 0.3 is 0 Å². The SMILES string of the molecule is CCCCOC[C@H]1OC(CCN)[C@H](OCCCC)[C@@H]1OCCCC. The highest BCUT2D eigenvalue weighted by Crippen LogP contribution is 2.29. The molecule has 0 saturated carbocycles. The van der Waals surface area contributed by atoms with Gasteiger partial charge in [-0.1, -0.05) is 40.0 Å². The van der Waals surface area contributed by atoms with Crippen molar-refractivity contribution in [1.82, 2.24) is 0 Å². The minimum atomic E-state index is -0.0538. The van der Waals surface area contributed by atoms with E-state index in [9.17, 15) is 0 Å². The fraction of sp³-hybridized carbons (Fsp3) is 1.00. The summed E-state index contributed by atoms with van der Waals surface area (Å²) in [6, 6.07) is 0. The molecule has 1 rings (SSSR count). The lowest BCUT2D eigenvalue weighted by molar-refractivity contribution is -0.0795. The van der Waals surface area contributed by atoms with Crippen LogP contribution >= 0.6 is 0 Å². The number of hydrogen-bond donors (Lipinski definition) is 1. The topological polar surface area (TPSA) is 62.9 Å². The van der Waals surface area contributed by atoms with Crippen molar-refractivity contribution in [3.63, 3.8) is 0 Å². The van der Waals surface area contributed by atoms with E-state index in [4.69, 9.17) is 24.7 Å². The molecule has 0 aromatic carbocycles. The minimum Gasteiger partial charge on any atom is -0.379 e. The highest BCUT2D eigenvalue weighted by atomic mass is 16.6. The van der Waals surface area contributed by atoms with Crippen molar-refractivity contribution >= 4 is 0 Å². The Bertz CT molecular complexity index is 291. The maximum Gasteiger partial charge on any atom is 0.115 e. The van der Waals surface area contributed by atoms with Gasteiger partial charge in [0, 0.05) is 19.8 Å². The van der Waals surface area contributed by atoms with Crippen molar-refractivity contribution in [2.45, 2.75) is 90.1 Å². The average Bonchev–Trinajstić information content (AvgIpc) is 2.90. The van der Waals surface area contributed by atoms with E-state index in [0.29, 0.717) is 13.2 Å². The van der Waals surface area contributed by atoms with Crippen LogP contribution in [0.3, 0.4) is 0 Å². The molecule has 24 heavy (non-hydrogen) atoms. The first-order valence-electron chi connectivity index (χ1n) is 9.94. The molecular formula is C19H39NO4. The standard InChI is InChI=1S/C19H39NO4/c1-4-7-12-21-15-17-19(23-14-9-6-3)18(22-13-8-5-2)16(24-17)10-11-20/h16-19H,4-15,20H2,1-3H3/t16?,17-,18+,19-/m1/s1. The molecule has 2 N–H and O–H groups in total. The van der Waals surface area contributed by atoms with Crippen LogP contribution in [0, 0.1) is 0 Å². The van der Waals surface area contributed by atoms with Crippen LogP contribution in [-0.2, 0) is 18.9 Å². The Morgan fingerprint density at radius 1 is 0.792 bits per heavy atom. The second kappa shape index (κ2) is 14.0. The number of unbranched alkanes of at least 4 members (excludes halogenated alkanes) is 3. The fourth-order valence-corrected chi connectivity index (χ4v) is 2.91. The van der Waals surface area contributed by atoms with E-state index in [1.807, 2.05) is 0 Å². The van der Waals surface area contributed by atoms with Gasteiger partial charge in [0.25, 0.3) is 0 Å². The first-order chi connectivity index (χ1) is 11.8. The Kier molecular flexibility index (Phi) is 12.8. The highest BCUT2D eigenvalue weighted by Gasteiger charge is 2.45. The smallest absolute Gasteiger partial charge is 0.115 e. The lowest BCUT2D eigenvalue weighted by Crippen LogP contribution is -2.40. The van der Waals surface area contributed by atoms with Gasteiger partial charge in [0.1, 0.15) is 18.3 Å². The van der Waals surface area contributed by atoms with Gasteiger partial charge in [-0.3, -0.25) is 0 Å². The predicted octanol–water partition coefficient (Wildman–Crippen LogP) is 3.29. The first kappa shape index (κ1) is 21.8. The summed E-state index contributed by atoms with van der Waals surface area (Å²) in [5.74, 6) is 0. The lowest BCUT2D eigenvalue weighted by Gasteiger charge is -2.25. The summed E-state index contributed by atoms with van der Waals surface area (Å²) in [7, 11) is 0. The number of hydrogen-bond acceptors (Lipinski definition) is 5. The van der Waals surface area contributed by atoms with E-state index >= 15 is 0 Å². The molecular weight excluding hydrogens is 306 g/mol. The maximum atomic E-state index is 6.21.